The maximum atomic E-state index is 13.2. The van der Waals surface area contributed by atoms with Crippen LogP contribution in [0, 0.1) is 0 Å². The molecule has 0 radical (unpaired) electrons. The van der Waals surface area contributed by atoms with Crippen molar-refractivity contribution in [1.29, 1.82) is 0 Å². The van der Waals surface area contributed by atoms with Crippen LogP contribution in [0.1, 0.15) is 39.2 Å². The highest BCUT2D eigenvalue weighted by Crippen LogP contribution is 2.40. The molecule has 9 nitrogen and oxygen atoms in total. The van der Waals surface area contributed by atoms with E-state index in [9.17, 15) is 13.2 Å². The molecule has 0 unspecified atom stereocenters. The van der Waals surface area contributed by atoms with Crippen molar-refractivity contribution >= 4 is 22.1 Å². The van der Waals surface area contributed by atoms with Gasteiger partial charge >= 0.3 is 0 Å². The van der Waals surface area contributed by atoms with Gasteiger partial charge in [0, 0.05) is 6.42 Å². The van der Waals surface area contributed by atoms with E-state index in [2.05, 4.69) is 14.7 Å². The number of rotatable bonds is 11. The van der Waals surface area contributed by atoms with Crippen LogP contribution in [-0.2, 0) is 20.2 Å². The number of unbranched alkanes of at least 4 members (excludes halogenated alkanes) is 1. The minimum Gasteiger partial charge on any atom is -0.493 e. The van der Waals surface area contributed by atoms with Gasteiger partial charge < -0.3 is 19.0 Å². The third kappa shape index (κ3) is 6.69. The maximum absolute atomic E-state index is 13.2. The fourth-order valence-electron chi connectivity index (χ4n) is 3.09. The second kappa shape index (κ2) is 11.2. The first-order valence-electron chi connectivity index (χ1n) is 11.0. The number of aromatic nitrogens is 2. The molecule has 2 aromatic carbocycles. The van der Waals surface area contributed by atoms with Crippen LogP contribution in [0.4, 0.5) is 5.82 Å². The molecule has 0 aliphatic carbocycles. The van der Waals surface area contributed by atoms with Crippen molar-refractivity contribution in [1.82, 2.24) is 9.97 Å². The van der Waals surface area contributed by atoms with E-state index in [4.69, 9.17) is 14.2 Å². The Balaban J connectivity index is 1.97. The number of sulfonamides is 1. The number of methoxy groups -OCH3 is 1. The lowest BCUT2D eigenvalue weighted by molar-refractivity contribution is -0.108. The van der Waals surface area contributed by atoms with Gasteiger partial charge in [-0.1, -0.05) is 45.0 Å². The molecule has 1 heterocycles. The molecular formula is C25H29N3O6S. The molecule has 3 rings (SSSR count). The monoisotopic (exact) mass is 499 g/mol. The molecule has 0 amide bonds. The smallest absolute Gasteiger partial charge is 0.263 e. The molecule has 0 saturated carbocycles. The summed E-state index contributed by atoms with van der Waals surface area (Å²) < 4.78 is 45.8. The highest BCUT2D eigenvalue weighted by molar-refractivity contribution is 7.92. The summed E-state index contributed by atoms with van der Waals surface area (Å²) in [5, 5.41) is 0. The van der Waals surface area contributed by atoms with E-state index in [1.807, 2.05) is 20.8 Å². The van der Waals surface area contributed by atoms with Crippen LogP contribution >= 0.6 is 0 Å². The Bertz CT molecular complexity index is 1250. The molecule has 0 atom stereocenters. The van der Waals surface area contributed by atoms with Gasteiger partial charge in [-0.15, -0.1) is 0 Å². The number of para-hydroxylation sites is 2. The average Bonchev–Trinajstić information content (AvgIpc) is 2.83. The molecule has 10 heteroatoms. The molecule has 0 bridgehead atoms. The first-order chi connectivity index (χ1) is 16.7. The fourth-order valence-corrected chi connectivity index (χ4v) is 4.11. The summed E-state index contributed by atoms with van der Waals surface area (Å²) in [4.78, 5) is 18.9. The maximum Gasteiger partial charge on any atom is 0.263 e. The number of nitrogens with zero attached hydrogens (tertiary/aromatic N) is 2. The summed E-state index contributed by atoms with van der Waals surface area (Å²) in [7, 11) is -2.51. The van der Waals surface area contributed by atoms with Gasteiger partial charge in [-0.2, -0.15) is 4.98 Å². The fraction of sp³-hybridized carbons (Fsp3) is 0.320. The van der Waals surface area contributed by atoms with Crippen LogP contribution in [0.5, 0.6) is 23.1 Å². The zero-order chi connectivity index (χ0) is 25.5. The number of benzene rings is 2. The molecular weight excluding hydrogens is 470 g/mol. The molecule has 0 aliphatic rings. The number of carbonyl (C=O) groups excluding carboxylic acids is 1. The molecule has 186 valence electrons. The van der Waals surface area contributed by atoms with Gasteiger partial charge in [-0.3, -0.25) is 4.72 Å². The predicted molar refractivity (Wildman–Crippen MR) is 132 cm³/mol. The van der Waals surface area contributed by atoms with Crippen LogP contribution in [0.15, 0.2) is 59.8 Å². The van der Waals surface area contributed by atoms with E-state index in [1.54, 1.807) is 48.5 Å². The van der Waals surface area contributed by atoms with Gasteiger partial charge in [0.2, 0.25) is 5.75 Å². The molecule has 1 aromatic heterocycles. The average molecular weight is 500 g/mol. The number of hydrogen-bond acceptors (Lipinski definition) is 8. The van der Waals surface area contributed by atoms with Crippen molar-refractivity contribution in [2.75, 3.05) is 18.4 Å². The summed E-state index contributed by atoms with van der Waals surface area (Å²) in [6, 6.07) is 13.5. The van der Waals surface area contributed by atoms with Crippen molar-refractivity contribution in [3.63, 3.8) is 0 Å². The van der Waals surface area contributed by atoms with Crippen molar-refractivity contribution in [3.05, 3.63) is 60.4 Å². The van der Waals surface area contributed by atoms with Gasteiger partial charge in [0.15, 0.2) is 17.3 Å². The molecule has 0 saturated heterocycles. The van der Waals surface area contributed by atoms with Gasteiger partial charge in [0.1, 0.15) is 12.6 Å². The molecule has 3 aromatic rings. The molecule has 0 fully saturated rings. The topological polar surface area (TPSA) is 117 Å². The molecule has 0 aliphatic heterocycles. The van der Waals surface area contributed by atoms with E-state index in [1.165, 1.54) is 13.4 Å². The Labute approximate surface area is 205 Å². The van der Waals surface area contributed by atoms with Crippen molar-refractivity contribution < 1.29 is 27.4 Å². The van der Waals surface area contributed by atoms with Gasteiger partial charge in [0.05, 0.1) is 18.6 Å². The van der Waals surface area contributed by atoms with Crippen LogP contribution < -0.4 is 18.9 Å². The van der Waals surface area contributed by atoms with E-state index in [0.717, 1.165) is 11.8 Å². The summed E-state index contributed by atoms with van der Waals surface area (Å²) in [5.41, 5.74) is 0.887. The standard InChI is InChI=1S/C25H29N3O6S/c1-25(2,3)18-11-13-19(14-12-18)35(30,31)28-23-22(34-21-10-6-5-9-20(21)32-4)24(27-17-26-23)33-16-8-7-15-29/h5-6,9-15,17H,7-8,16H2,1-4H3,(H,26,27,28). The Hall–Kier alpha value is -3.66. The predicted octanol–water partition coefficient (Wildman–Crippen LogP) is 4.73. The first kappa shape index (κ1) is 26.0. The van der Waals surface area contributed by atoms with Crippen molar-refractivity contribution in [3.8, 4) is 23.1 Å². The second-order valence-electron chi connectivity index (χ2n) is 8.65. The largest absolute Gasteiger partial charge is 0.493 e. The third-order valence-electron chi connectivity index (χ3n) is 5.02. The minimum atomic E-state index is -4.01. The van der Waals surface area contributed by atoms with Gasteiger partial charge in [-0.05, 0) is 41.7 Å². The van der Waals surface area contributed by atoms with Gasteiger partial charge in [-0.25, -0.2) is 13.4 Å². The minimum absolute atomic E-state index is 0.0255. The molecule has 0 spiro atoms. The quantitative estimate of drug-likeness (QED) is 0.297. The zero-order valence-electron chi connectivity index (χ0n) is 20.1. The van der Waals surface area contributed by atoms with Crippen molar-refractivity contribution in [2.45, 2.75) is 43.9 Å². The molecule has 35 heavy (non-hydrogen) atoms. The number of hydrogen-bond donors (Lipinski definition) is 1. The lowest BCUT2D eigenvalue weighted by Gasteiger charge is -2.19. The number of ether oxygens (including phenoxy) is 3. The summed E-state index contributed by atoms with van der Waals surface area (Å²) in [6.07, 6.45) is 2.74. The first-order valence-corrected chi connectivity index (χ1v) is 12.5. The highest BCUT2D eigenvalue weighted by atomic mass is 32.2. The second-order valence-corrected chi connectivity index (χ2v) is 10.3. The van der Waals surface area contributed by atoms with E-state index < -0.39 is 10.0 Å². The summed E-state index contributed by atoms with van der Waals surface area (Å²) in [6.45, 7) is 6.33. The van der Waals surface area contributed by atoms with Crippen LogP contribution in [0.3, 0.4) is 0 Å². The number of nitrogens with one attached hydrogen (secondary N) is 1. The SMILES string of the molecule is COc1ccccc1Oc1c(NS(=O)(=O)c2ccc(C(C)(C)C)cc2)ncnc1OCCCC=O. The van der Waals surface area contributed by atoms with Crippen LogP contribution in [-0.4, -0.2) is 38.4 Å². The van der Waals surface area contributed by atoms with Crippen LogP contribution in [0.25, 0.3) is 0 Å². The lowest BCUT2D eigenvalue weighted by atomic mass is 9.87. The number of carbonyl (C=O) groups is 1. The Morgan fingerprint density at radius 3 is 2.31 bits per heavy atom. The van der Waals surface area contributed by atoms with Crippen molar-refractivity contribution in [2.24, 2.45) is 0 Å². The number of anilines is 1. The Morgan fingerprint density at radius 1 is 1.00 bits per heavy atom. The van der Waals surface area contributed by atoms with Crippen LogP contribution in [0.2, 0.25) is 0 Å². The van der Waals surface area contributed by atoms with E-state index in [0.29, 0.717) is 24.3 Å². The van der Waals surface area contributed by atoms with E-state index in [-0.39, 0.29) is 34.4 Å². The lowest BCUT2D eigenvalue weighted by Crippen LogP contribution is -2.16. The number of aldehydes is 1. The molecule has 1 N–H and O–H groups in total. The highest BCUT2D eigenvalue weighted by Gasteiger charge is 2.24. The van der Waals surface area contributed by atoms with E-state index >= 15 is 0 Å². The summed E-state index contributed by atoms with van der Waals surface area (Å²) >= 11 is 0. The third-order valence-corrected chi connectivity index (χ3v) is 6.37. The normalized spacial score (nSPS) is 11.5. The summed E-state index contributed by atoms with van der Waals surface area (Å²) in [5.74, 6) is 0.638. The Morgan fingerprint density at radius 2 is 1.69 bits per heavy atom. The van der Waals surface area contributed by atoms with Gasteiger partial charge in [0.25, 0.3) is 15.9 Å². The zero-order valence-corrected chi connectivity index (χ0v) is 21.0. The Kier molecular flexibility index (Phi) is 8.29.